The van der Waals surface area contributed by atoms with Gasteiger partial charge in [-0.25, -0.2) is 8.42 Å². The Morgan fingerprint density at radius 2 is 2.42 bits per heavy atom. The van der Waals surface area contributed by atoms with E-state index in [2.05, 4.69) is 14.9 Å². The minimum absolute atomic E-state index is 0.212. The molecular weight excluding hydrogens is 202 g/mol. The van der Waals surface area contributed by atoms with Crippen LogP contribution >= 0.6 is 11.3 Å². The molecule has 0 radical (unpaired) electrons. The van der Waals surface area contributed by atoms with Gasteiger partial charge in [0.05, 0.1) is 12.4 Å². The number of aliphatic hydroxyl groups is 1. The fourth-order valence-electron chi connectivity index (χ4n) is 0.522. The molecular formula is C4H7N3O3S2. The Balaban J connectivity index is 2.63. The number of hydrogen-bond donors (Lipinski definition) is 2. The van der Waals surface area contributed by atoms with Crippen molar-refractivity contribution in [1.29, 1.82) is 0 Å². The van der Waals surface area contributed by atoms with E-state index in [1.165, 1.54) is 5.51 Å². The third kappa shape index (κ3) is 2.72. The standard InChI is InChI=1S/C4H7N3O3S2/c8-1-2-12(9,10)7-4-6-5-3-11-4/h3,8H,1-2H2,(H,6,7). The molecule has 12 heavy (non-hydrogen) atoms. The Labute approximate surface area is 73.3 Å². The number of anilines is 1. The molecule has 1 aromatic heterocycles. The average Bonchev–Trinajstić information content (AvgIpc) is 2.38. The largest absolute Gasteiger partial charge is 0.395 e. The smallest absolute Gasteiger partial charge is 0.236 e. The molecule has 6 nitrogen and oxygen atoms in total. The van der Waals surface area contributed by atoms with Crippen molar-refractivity contribution < 1.29 is 13.5 Å². The minimum Gasteiger partial charge on any atom is -0.395 e. The van der Waals surface area contributed by atoms with Crippen LogP contribution in [0.5, 0.6) is 0 Å². The molecule has 0 saturated carbocycles. The molecule has 2 N–H and O–H groups in total. The lowest BCUT2D eigenvalue weighted by Gasteiger charge is -2.00. The predicted octanol–water partition coefficient (Wildman–Crippen LogP) is -0.728. The lowest BCUT2D eigenvalue weighted by atomic mass is 10.9. The zero-order valence-corrected chi connectivity index (χ0v) is 7.60. The van der Waals surface area contributed by atoms with Crippen molar-refractivity contribution in [2.45, 2.75) is 0 Å². The van der Waals surface area contributed by atoms with Crippen molar-refractivity contribution in [1.82, 2.24) is 10.2 Å². The van der Waals surface area contributed by atoms with Gasteiger partial charge in [0.2, 0.25) is 15.2 Å². The summed E-state index contributed by atoms with van der Waals surface area (Å²) in [4.78, 5) is 0. The van der Waals surface area contributed by atoms with Gasteiger partial charge >= 0.3 is 0 Å². The second kappa shape index (κ2) is 3.78. The number of sulfonamides is 1. The summed E-state index contributed by atoms with van der Waals surface area (Å²) in [6.45, 7) is -0.409. The number of nitrogens with one attached hydrogen (secondary N) is 1. The van der Waals surface area contributed by atoms with E-state index in [0.29, 0.717) is 0 Å². The van der Waals surface area contributed by atoms with E-state index >= 15 is 0 Å². The van der Waals surface area contributed by atoms with Crippen LogP contribution in [0.3, 0.4) is 0 Å². The summed E-state index contributed by atoms with van der Waals surface area (Å²) >= 11 is 1.08. The van der Waals surface area contributed by atoms with Gasteiger partial charge in [0, 0.05) is 0 Å². The highest BCUT2D eigenvalue weighted by Gasteiger charge is 2.10. The Hall–Kier alpha value is -0.730. The topological polar surface area (TPSA) is 92.2 Å². The van der Waals surface area contributed by atoms with E-state index < -0.39 is 16.6 Å². The Morgan fingerprint density at radius 3 is 2.92 bits per heavy atom. The summed E-state index contributed by atoms with van der Waals surface area (Å²) < 4.78 is 24.1. The maximum absolute atomic E-state index is 11.0. The monoisotopic (exact) mass is 209 g/mol. The highest BCUT2D eigenvalue weighted by molar-refractivity contribution is 7.92. The number of rotatable bonds is 4. The summed E-state index contributed by atoms with van der Waals surface area (Å²) in [6, 6.07) is 0. The molecule has 0 fully saturated rings. The van der Waals surface area contributed by atoms with E-state index in [9.17, 15) is 8.42 Å². The van der Waals surface area contributed by atoms with Crippen molar-refractivity contribution in [2.75, 3.05) is 17.1 Å². The van der Waals surface area contributed by atoms with Crippen LogP contribution in [0.4, 0.5) is 5.13 Å². The Morgan fingerprint density at radius 1 is 1.67 bits per heavy atom. The van der Waals surface area contributed by atoms with Crippen LogP contribution < -0.4 is 4.72 Å². The van der Waals surface area contributed by atoms with E-state index in [-0.39, 0.29) is 10.9 Å². The highest BCUT2D eigenvalue weighted by Crippen LogP contribution is 2.09. The van der Waals surface area contributed by atoms with Crippen LogP contribution in [0, 0.1) is 0 Å². The lowest BCUT2D eigenvalue weighted by molar-refractivity contribution is 0.320. The zero-order valence-electron chi connectivity index (χ0n) is 5.97. The molecule has 0 aliphatic carbocycles. The molecule has 1 heterocycles. The molecule has 0 aromatic carbocycles. The molecule has 0 bridgehead atoms. The van der Waals surface area contributed by atoms with Gasteiger partial charge in [-0.2, -0.15) is 0 Å². The van der Waals surface area contributed by atoms with Gasteiger partial charge in [0.25, 0.3) is 0 Å². The quantitative estimate of drug-likeness (QED) is 0.682. The van der Waals surface area contributed by atoms with E-state index in [0.717, 1.165) is 11.3 Å². The number of hydrogen-bond acceptors (Lipinski definition) is 6. The van der Waals surface area contributed by atoms with Crippen LogP contribution in [0.2, 0.25) is 0 Å². The molecule has 1 aromatic rings. The number of aliphatic hydroxyl groups excluding tert-OH is 1. The fourth-order valence-corrected chi connectivity index (χ4v) is 2.03. The van der Waals surface area contributed by atoms with Crippen LogP contribution in [-0.2, 0) is 10.0 Å². The van der Waals surface area contributed by atoms with Crippen molar-refractivity contribution in [3.05, 3.63) is 5.51 Å². The summed E-state index contributed by atoms with van der Waals surface area (Å²) in [6.07, 6.45) is 0. The van der Waals surface area contributed by atoms with Crippen molar-refractivity contribution >= 4 is 26.5 Å². The minimum atomic E-state index is -3.45. The SMILES string of the molecule is O=S(=O)(CCO)Nc1nncs1. The molecule has 0 amide bonds. The summed E-state index contributed by atoms with van der Waals surface area (Å²) in [7, 11) is -3.45. The molecule has 8 heteroatoms. The number of aromatic nitrogens is 2. The van der Waals surface area contributed by atoms with Crippen LogP contribution in [0.25, 0.3) is 0 Å². The molecule has 1 rings (SSSR count). The van der Waals surface area contributed by atoms with Crippen LogP contribution in [0.15, 0.2) is 5.51 Å². The molecule has 0 unspecified atom stereocenters. The Bertz CT molecular complexity index is 319. The maximum Gasteiger partial charge on any atom is 0.236 e. The van der Waals surface area contributed by atoms with Gasteiger partial charge in [-0.3, -0.25) is 4.72 Å². The molecule has 0 atom stereocenters. The third-order valence-electron chi connectivity index (χ3n) is 0.963. The molecule has 0 spiro atoms. The van der Waals surface area contributed by atoms with Crippen molar-refractivity contribution in [2.24, 2.45) is 0 Å². The van der Waals surface area contributed by atoms with Gasteiger partial charge in [0.15, 0.2) is 0 Å². The first-order valence-electron chi connectivity index (χ1n) is 3.01. The first kappa shape index (κ1) is 9.36. The summed E-state index contributed by atoms with van der Waals surface area (Å²) in [5.74, 6) is -0.327. The van der Waals surface area contributed by atoms with E-state index in [4.69, 9.17) is 5.11 Å². The first-order chi connectivity index (χ1) is 5.64. The van der Waals surface area contributed by atoms with Gasteiger partial charge in [-0.1, -0.05) is 11.3 Å². The lowest BCUT2D eigenvalue weighted by Crippen LogP contribution is -2.18. The fraction of sp³-hybridized carbons (Fsp3) is 0.500. The first-order valence-corrected chi connectivity index (χ1v) is 5.55. The van der Waals surface area contributed by atoms with Gasteiger partial charge in [0.1, 0.15) is 5.51 Å². The molecule has 68 valence electrons. The molecule has 0 aliphatic rings. The van der Waals surface area contributed by atoms with Crippen molar-refractivity contribution in [3.63, 3.8) is 0 Å². The van der Waals surface area contributed by atoms with E-state index in [1.807, 2.05) is 0 Å². The third-order valence-corrected chi connectivity index (χ3v) is 2.92. The second-order valence-corrected chi connectivity index (χ2v) is 4.56. The van der Waals surface area contributed by atoms with Crippen LogP contribution in [0.1, 0.15) is 0 Å². The van der Waals surface area contributed by atoms with Gasteiger partial charge in [-0.05, 0) is 0 Å². The number of nitrogens with zero attached hydrogens (tertiary/aromatic N) is 2. The van der Waals surface area contributed by atoms with Gasteiger partial charge < -0.3 is 5.11 Å². The molecule has 0 aliphatic heterocycles. The average molecular weight is 209 g/mol. The van der Waals surface area contributed by atoms with Crippen molar-refractivity contribution in [3.8, 4) is 0 Å². The highest BCUT2D eigenvalue weighted by atomic mass is 32.2. The maximum atomic E-state index is 11.0. The predicted molar refractivity (Wildman–Crippen MR) is 44.4 cm³/mol. The van der Waals surface area contributed by atoms with Crippen LogP contribution in [-0.4, -0.2) is 36.1 Å². The summed E-state index contributed by atoms with van der Waals surface area (Å²) in [5.41, 5.74) is 1.41. The normalized spacial score (nSPS) is 11.4. The molecule has 0 saturated heterocycles. The second-order valence-electron chi connectivity index (χ2n) is 1.89. The summed E-state index contributed by atoms with van der Waals surface area (Å²) in [5, 5.41) is 15.5. The zero-order chi connectivity index (χ0) is 9.03. The van der Waals surface area contributed by atoms with Gasteiger partial charge in [-0.15, -0.1) is 10.2 Å². The Kier molecular flexibility index (Phi) is 2.95. The van der Waals surface area contributed by atoms with E-state index in [1.54, 1.807) is 0 Å².